The van der Waals surface area contributed by atoms with Crippen LogP contribution in [0, 0.1) is 6.92 Å². The molecule has 0 N–H and O–H groups in total. The number of sulfonamides is 1. The molecule has 2 aromatic carbocycles. The second kappa shape index (κ2) is 8.96. The molecule has 30 heavy (non-hydrogen) atoms. The molecule has 1 amide bonds. The summed E-state index contributed by atoms with van der Waals surface area (Å²) in [6, 6.07) is 13.7. The molecule has 6 nitrogen and oxygen atoms in total. The van der Waals surface area contributed by atoms with Gasteiger partial charge in [0.1, 0.15) is 5.75 Å². The van der Waals surface area contributed by atoms with Gasteiger partial charge in [-0.1, -0.05) is 29.3 Å². The first kappa shape index (κ1) is 22.6. The van der Waals surface area contributed by atoms with Crippen molar-refractivity contribution in [2.75, 3.05) is 26.2 Å². The van der Waals surface area contributed by atoms with E-state index in [1.807, 2.05) is 6.92 Å². The predicted molar refractivity (Wildman–Crippen MR) is 117 cm³/mol. The molecule has 8 heteroatoms. The van der Waals surface area contributed by atoms with E-state index in [4.69, 9.17) is 16.3 Å². The third-order valence-corrected chi connectivity index (χ3v) is 7.27. The lowest BCUT2D eigenvalue weighted by Crippen LogP contribution is -2.50. The van der Waals surface area contributed by atoms with Crippen LogP contribution in [0.2, 0.25) is 5.02 Å². The normalized spacial score (nSPS) is 16.2. The van der Waals surface area contributed by atoms with Gasteiger partial charge in [-0.05, 0) is 63.6 Å². The molecule has 0 bridgehead atoms. The summed E-state index contributed by atoms with van der Waals surface area (Å²) in [5, 5.41) is 0.592. The molecular weight excluding hydrogens is 424 g/mol. The fraction of sp³-hybridized carbons (Fsp3) is 0.409. The highest BCUT2D eigenvalue weighted by Crippen LogP contribution is 2.24. The van der Waals surface area contributed by atoms with E-state index in [0.29, 0.717) is 36.8 Å². The van der Waals surface area contributed by atoms with E-state index < -0.39 is 15.6 Å². The number of carbonyl (C=O) groups is 1. The van der Waals surface area contributed by atoms with Crippen LogP contribution in [0.1, 0.15) is 25.8 Å². The van der Waals surface area contributed by atoms with E-state index in [1.54, 1.807) is 67.3 Å². The second-order valence-electron chi connectivity index (χ2n) is 7.93. The summed E-state index contributed by atoms with van der Waals surface area (Å²) in [5.41, 5.74) is -0.0803. The average molecular weight is 451 g/mol. The summed E-state index contributed by atoms with van der Waals surface area (Å²) in [6.07, 6.45) is 0.563. The van der Waals surface area contributed by atoms with Crippen molar-refractivity contribution in [1.29, 1.82) is 0 Å². The van der Waals surface area contributed by atoms with Crippen LogP contribution in [-0.4, -0.2) is 55.3 Å². The number of hydrogen-bond donors (Lipinski definition) is 0. The van der Waals surface area contributed by atoms with Crippen molar-refractivity contribution >= 4 is 27.5 Å². The molecule has 1 fully saturated rings. The van der Waals surface area contributed by atoms with Gasteiger partial charge in [0.25, 0.3) is 5.91 Å². The largest absolute Gasteiger partial charge is 0.478 e. The van der Waals surface area contributed by atoms with E-state index in [1.165, 1.54) is 4.31 Å². The van der Waals surface area contributed by atoms with Gasteiger partial charge < -0.3 is 9.64 Å². The molecule has 0 atom stereocenters. The van der Waals surface area contributed by atoms with E-state index in [2.05, 4.69) is 0 Å². The maximum atomic E-state index is 13.1. The molecule has 1 heterocycles. The van der Waals surface area contributed by atoms with Crippen molar-refractivity contribution in [3.05, 3.63) is 59.1 Å². The van der Waals surface area contributed by atoms with Gasteiger partial charge in [0.05, 0.1) is 4.90 Å². The number of rotatable bonds is 5. The topological polar surface area (TPSA) is 66.9 Å². The second-order valence-corrected chi connectivity index (χ2v) is 10.3. The Bertz CT molecular complexity index is 989. The van der Waals surface area contributed by atoms with Gasteiger partial charge in [0, 0.05) is 31.2 Å². The maximum Gasteiger partial charge on any atom is 0.266 e. The molecule has 0 saturated carbocycles. The minimum Gasteiger partial charge on any atom is -0.478 e. The standard InChI is InChI=1S/C22H27ClN2O4S/c1-17-5-11-20(12-6-17)30(27,28)25-14-4-13-24(15-16-25)21(26)22(2,3)29-19-9-7-18(23)8-10-19/h5-12H,4,13-16H2,1-3H3. The Balaban J connectivity index is 1.68. The van der Waals surface area contributed by atoms with Gasteiger partial charge in [-0.15, -0.1) is 0 Å². The molecule has 0 radical (unpaired) electrons. The van der Waals surface area contributed by atoms with Crippen molar-refractivity contribution in [3.8, 4) is 5.75 Å². The number of hydrogen-bond acceptors (Lipinski definition) is 4. The maximum absolute atomic E-state index is 13.1. The Hall–Kier alpha value is -2.09. The lowest BCUT2D eigenvalue weighted by Gasteiger charge is -2.31. The van der Waals surface area contributed by atoms with Crippen LogP contribution in [0.3, 0.4) is 0 Å². The zero-order valence-corrected chi connectivity index (χ0v) is 19.0. The van der Waals surface area contributed by atoms with Gasteiger partial charge in [-0.25, -0.2) is 8.42 Å². The first-order valence-electron chi connectivity index (χ1n) is 9.90. The Morgan fingerprint density at radius 3 is 2.23 bits per heavy atom. The molecule has 1 aliphatic heterocycles. The van der Waals surface area contributed by atoms with Gasteiger partial charge in [-0.3, -0.25) is 4.79 Å². The number of aryl methyl sites for hydroxylation is 1. The van der Waals surface area contributed by atoms with Crippen molar-refractivity contribution in [2.24, 2.45) is 0 Å². The summed E-state index contributed by atoms with van der Waals surface area (Å²) in [6.45, 7) is 6.77. The van der Waals surface area contributed by atoms with E-state index in [9.17, 15) is 13.2 Å². The lowest BCUT2D eigenvalue weighted by molar-refractivity contribution is -0.145. The van der Waals surface area contributed by atoms with Crippen molar-refractivity contribution in [2.45, 2.75) is 37.7 Å². The number of benzene rings is 2. The SMILES string of the molecule is Cc1ccc(S(=O)(=O)N2CCCN(C(=O)C(C)(C)Oc3ccc(Cl)cc3)CC2)cc1. The monoisotopic (exact) mass is 450 g/mol. The quantitative estimate of drug-likeness (QED) is 0.696. The van der Waals surface area contributed by atoms with Crippen molar-refractivity contribution in [3.63, 3.8) is 0 Å². The number of nitrogens with zero attached hydrogens (tertiary/aromatic N) is 2. The summed E-state index contributed by atoms with van der Waals surface area (Å²) in [7, 11) is -3.59. The Labute approximate surface area is 183 Å². The molecular formula is C22H27ClN2O4S. The minimum atomic E-state index is -3.59. The van der Waals surface area contributed by atoms with E-state index in [0.717, 1.165) is 5.56 Å². The molecule has 0 aliphatic carbocycles. The van der Waals surface area contributed by atoms with E-state index in [-0.39, 0.29) is 17.3 Å². The van der Waals surface area contributed by atoms with Crippen LogP contribution in [0.5, 0.6) is 5.75 Å². The number of halogens is 1. The van der Waals surface area contributed by atoms with Gasteiger partial charge >= 0.3 is 0 Å². The van der Waals surface area contributed by atoms with Crippen LogP contribution < -0.4 is 4.74 Å². The Morgan fingerprint density at radius 2 is 1.60 bits per heavy atom. The molecule has 1 aliphatic rings. The first-order chi connectivity index (χ1) is 14.1. The molecule has 0 aromatic heterocycles. The molecule has 3 rings (SSSR count). The highest BCUT2D eigenvalue weighted by Gasteiger charge is 2.36. The highest BCUT2D eigenvalue weighted by atomic mass is 35.5. The highest BCUT2D eigenvalue weighted by molar-refractivity contribution is 7.89. The summed E-state index contributed by atoms with van der Waals surface area (Å²) in [4.78, 5) is 15.1. The van der Waals surface area contributed by atoms with Crippen molar-refractivity contribution in [1.82, 2.24) is 9.21 Å². The number of amides is 1. The predicted octanol–water partition coefficient (Wildman–Crippen LogP) is 3.73. The molecule has 0 spiro atoms. The van der Waals surface area contributed by atoms with Crippen LogP contribution in [0.25, 0.3) is 0 Å². The third-order valence-electron chi connectivity index (χ3n) is 5.10. The molecule has 0 unspecified atom stereocenters. The smallest absolute Gasteiger partial charge is 0.266 e. The van der Waals surface area contributed by atoms with Crippen LogP contribution >= 0.6 is 11.6 Å². The third kappa shape index (κ3) is 5.14. The first-order valence-corrected chi connectivity index (χ1v) is 11.7. The fourth-order valence-corrected chi connectivity index (χ4v) is 5.01. The van der Waals surface area contributed by atoms with Crippen LogP contribution in [0.15, 0.2) is 53.4 Å². The fourth-order valence-electron chi connectivity index (χ4n) is 3.42. The molecule has 1 saturated heterocycles. The van der Waals surface area contributed by atoms with Crippen molar-refractivity contribution < 1.29 is 17.9 Å². The van der Waals surface area contributed by atoms with Gasteiger partial charge in [0.2, 0.25) is 10.0 Å². The molecule has 2 aromatic rings. The van der Waals surface area contributed by atoms with Crippen LogP contribution in [-0.2, 0) is 14.8 Å². The minimum absolute atomic E-state index is 0.174. The average Bonchev–Trinajstić information content (AvgIpc) is 2.96. The van der Waals surface area contributed by atoms with Crippen LogP contribution in [0.4, 0.5) is 0 Å². The number of carbonyl (C=O) groups excluding carboxylic acids is 1. The van der Waals surface area contributed by atoms with E-state index >= 15 is 0 Å². The summed E-state index contributed by atoms with van der Waals surface area (Å²) < 4.78 is 33.3. The summed E-state index contributed by atoms with van der Waals surface area (Å²) in [5.74, 6) is 0.378. The van der Waals surface area contributed by atoms with Gasteiger partial charge in [-0.2, -0.15) is 4.31 Å². The lowest BCUT2D eigenvalue weighted by atomic mass is 10.1. The summed E-state index contributed by atoms with van der Waals surface area (Å²) >= 11 is 5.90. The Kier molecular flexibility index (Phi) is 6.75. The zero-order valence-electron chi connectivity index (χ0n) is 17.5. The number of ether oxygens (including phenoxy) is 1. The zero-order chi connectivity index (χ0) is 21.9. The van der Waals surface area contributed by atoms with Gasteiger partial charge in [0.15, 0.2) is 5.60 Å². The Morgan fingerprint density at radius 1 is 0.967 bits per heavy atom. The molecule has 162 valence electrons.